The van der Waals surface area contributed by atoms with E-state index < -0.39 is 0 Å². The van der Waals surface area contributed by atoms with Crippen molar-refractivity contribution in [2.45, 2.75) is 32.4 Å². The fraction of sp³-hybridized carbons (Fsp3) is 0.471. The lowest BCUT2D eigenvalue weighted by atomic mass is 10.2. The molecule has 2 aliphatic rings. The van der Waals surface area contributed by atoms with E-state index >= 15 is 0 Å². The molecule has 1 aliphatic carbocycles. The van der Waals surface area contributed by atoms with Crippen LogP contribution in [0.4, 0.5) is 0 Å². The molecule has 124 valence electrons. The van der Waals surface area contributed by atoms with Crippen molar-refractivity contribution >= 4 is 17.6 Å². The summed E-state index contributed by atoms with van der Waals surface area (Å²) in [6, 6.07) is 4.26. The summed E-state index contributed by atoms with van der Waals surface area (Å²) in [4.78, 5) is 4.65. The SMILES string of the molecule is CCNC(=NCc1cc(Cl)c2c(c1)OCCO2)NC1CC=CC1. The molecule has 23 heavy (non-hydrogen) atoms. The van der Waals surface area contributed by atoms with Crippen molar-refractivity contribution in [1.82, 2.24) is 10.6 Å². The van der Waals surface area contributed by atoms with E-state index in [0.717, 1.165) is 30.9 Å². The molecule has 0 unspecified atom stereocenters. The Morgan fingerprint density at radius 3 is 2.83 bits per heavy atom. The highest BCUT2D eigenvalue weighted by Gasteiger charge is 2.17. The van der Waals surface area contributed by atoms with E-state index in [1.165, 1.54) is 0 Å². The first kappa shape index (κ1) is 16.0. The molecule has 1 heterocycles. The Hall–Kier alpha value is -1.88. The number of benzene rings is 1. The number of aliphatic imine (C=N–C) groups is 1. The summed E-state index contributed by atoms with van der Waals surface area (Å²) >= 11 is 6.27. The normalized spacial score (nSPS) is 17.4. The molecule has 0 radical (unpaired) electrons. The van der Waals surface area contributed by atoms with Crippen LogP contribution in [0, 0.1) is 0 Å². The molecule has 1 aromatic rings. The van der Waals surface area contributed by atoms with Gasteiger partial charge in [0.25, 0.3) is 0 Å². The third kappa shape index (κ3) is 4.10. The van der Waals surface area contributed by atoms with Gasteiger partial charge in [0.05, 0.1) is 11.6 Å². The van der Waals surface area contributed by atoms with Gasteiger partial charge in [-0.1, -0.05) is 23.8 Å². The third-order valence-electron chi connectivity index (χ3n) is 3.77. The van der Waals surface area contributed by atoms with E-state index in [1.807, 2.05) is 12.1 Å². The summed E-state index contributed by atoms with van der Waals surface area (Å²) in [5.74, 6) is 2.16. The monoisotopic (exact) mass is 335 g/mol. The minimum Gasteiger partial charge on any atom is -0.486 e. The van der Waals surface area contributed by atoms with Gasteiger partial charge in [0.2, 0.25) is 0 Å². The van der Waals surface area contributed by atoms with E-state index in [9.17, 15) is 0 Å². The Balaban J connectivity index is 1.69. The van der Waals surface area contributed by atoms with Crippen LogP contribution in [0.5, 0.6) is 11.5 Å². The number of hydrogen-bond acceptors (Lipinski definition) is 3. The standard InChI is InChI=1S/C17H22ClN3O2/c1-2-19-17(21-13-5-3-4-6-13)20-11-12-9-14(18)16-15(10-12)22-7-8-23-16/h3-4,9-10,13H,2,5-8,11H2,1H3,(H2,19,20,21). The molecular weight excluding hydrogens is 314 g/mol. The lowest BCUT2D eigenvalue weighted by molar-refractivity contribution is 0.171. The molecule has 0 saturated heterocycles. The molecule has 0 amide bonds. The van der Waals surface area contributed by atoms with Crippen LogP contribution in [-0.4, -0.2) is 31.8 Å². The van der Waals surface area contributed by atoms with Gasteiger partial charge >= 0.3 is 0 Å². The largest absolute Gasteiger partial charge is 0.486 e. The number of rotatable bonds is 4. The highest BCUT2D eigenvalue weighted by Crippen LogP contribution is 2.38. The third-order valence-corrected chi connectivity index (χ3v) is 4.05. The number of hydrogen-bond donors (Lipinski definition) is 2. The number of ether oxygens (including phenoxy) is 2. The zero-order valence-corrected chi connectivity index (χ0v) is 14.0. The first-order valence-corrected chi connectivity index (χ1v) is 8.42. The zero-order chi connectivity index (χ0) is 16.1. The Morgan fingerprint density at radius 1 is 1.26 bits per heavy atom. The maximum absolute atomic E-state index is 6.27. The van der Waals surface area contributed by atoms with Gasteiger partial charge in [0.1, 0.15) is 13.2 Å². The molecule has 2 N–H and O–H groups in total. The molecule has 0 atom stereocenters. The predicted molar refractivity (Wildman–Crippen MR) is 92.6 cm³/mol. The Kier molecular flexibility index (Phi) is 5.28. The molecule has 1 aromatic carbocycles. The molecule has 0 bridgehead atoms. The van der Waals surface area contributed by atoms with Gasteiger partial charge in [-0.25, -0.2) is 4.99 Å². The maximum atomic E-state index is 6.27. The Morgan fingerprint density at radius 2 is 2.04 bits per heavy atom. The van der Waals surface area contributed by atoms with Gasteiger partial charge in [-0.3, -0.25) is 0 Å². The highest BCUT2D eigenvalue weighted by molar-refractivity contribution is 6.32. The van der Waals surface area contributed by atoms with Gasteiger partial charge in [-0.15, -0.1) is 0 Å². The molecule has 0 aromatic heterocycles. The second-order valence-corrected chi connectivity index (χ2v) is 5.99. The Labute approximate surface area is 141 Å². The van der Waals surface area contributed by atoms with Crippen molar-refractivity contribution < 1.29 is 9.47 Å². The fourth-order valence-corrected chi connectivity index (χ4v) is 2.96. The smallest absolute Gasteiger partial charge is 0.191 e. The van der Waals surface area contributed by atoms with Crippen molar-refractivity contribution in [3.63, 3.8) is 0 Å². The van der Waals surface area contributed by atoms with Crippen LogP contribution in [0.15, 0.2) is 29.3 Å². The summed E-state index contributed by atoms with van der Waals surface area (Å²) < 4.78 is 11.1. The quantitative estimate of drug-likeness (QED) is 0.504. The van der Waals surface area contributed by atoms with E-state index in [0.29, 0.717) is 42.3 Å². The molecule has 0 saturated carbocycles. The topological polar surface area (TPSA) is 54.9 Å². The first-order chi connectivity index (χ1) is 11.3. The van der Waals surface area contributed by atoms with Crippen LogP contribution in [0.2, 0.25) is 5.02 Å². The van der Waals surface area contributed by atoms with E-state index in [1.54, 1.807) is 0 Å². The summed E-state index contributed by atoms with van der Waals surface area (Å²) in [5.41, 5.74) is 1.00. The van der Waals surface area contributed by atoms with Gasteiger partial charge in [-0.05, 0) is 37.5 Å². The maximum Gasteiger partial charge on any atom is 0.191 e. The fourth-order valence-electron chi connectivity index (χ4n) is 2.67. The lowest BCUT2D eigenvalue weighted by Crippen LogP contribution is -2.42. The molecule has 0 spiro atoms. The lowest BCUT2D eigenvalue weighted by Gasteiger charge is -2.20. The second-order valence-electron chi connectivity index (χ2n) is 5.58. The van der Waals surface area contributed by atoms with Crippen molar-refractivity contribution in [2.75, 3.05) is 19.8 Å². The summed E-state index contributed by atoms with van der Waals surface area (Å²) in [6.45, 7) is 4.51. The van der Waals surface area contributed by atoms with Crippen LogP contribution in [0.1, 0.15) is 25.3 Å². The summed E-state index contributed by atoms with van der Waals surface area (Å²) in [6.07, 6.45) is 6.48. The van der Waals surface area contributed by atoms with E-state index in [4.69, 9.17) is 21.1 Å². The molecule has 3 rings (SSSR count). The molecule has 6 heteroatoms. The van der Waals surface area contributed by atoms with Crippen molar-refractivity contribution in [3.05, 3.63) is 34.9 Å². The van der Waals surface area contributed by atoms with Crippen molar-refractivity contribution in [3.8, 4) is 11.5 Å². The van der Waals surface area contributed by atoms with Gasteiger partial charge in [0.15, 0.2) is 17.5 Å². The average Bonchev–Trinajstić information content (AvgIpc) is 3.06. The Bertz CT molecular complexity index is 608. The summed E-state index contributed by atoms with van der Waals surface area (Å²) in [5, 5.41) is 7.30. The molecule has 0 fully saturated rings. The van der Waals surface area contributed by atoms with Crippen LogP contribution in [0.25, 0.3) is 0 Å². The van der Waals surface area contributed by atoms with Crippen LogP contribution >= 0.6 is 11.6 Å². The number of guanidine groups is 1. The zero-order valence-electron chi connectivity index (χ0n) is 13.3. The molecule has 1 aliphatic heterocycles. The van der Waals surface area contributed by atoms with Crippen LogP contribution in [0.3, 0.4) is 0 Å². The highest BCUT2D eigenvalue weighted by atomic mass is 35.5. The van der Waals surface area contributed by atoms with Gasteiger partial charge in [-0.2, -0.15) is 0 Å². The number of halogens is 1. The van der Waals surface area contributed by atoms with E-state index in [2.05, 4.69) is 34.7 Å². The number of fused-ring (bicyclic) bond motifs is 1. The van der Waals surface area contributed by atoms with Crippen molar-refractivity contribution in [2.24, 2.45) is 4.99 Å². The predicted octanol–water partition coefficient (Wildman–Crippen LogP) is 2.88. The minimum atomic E-state index is 0.427. The average molecular weight is 336 g/mol. The first-order valence-electron chi connectivity index (χ1n) is 8.04. The van der Waals surface area contributed by atoms with Crippen molar-refractivity contribution in [1.29, 1.82) is 0 Å². The molecular formula is C17H22ClN3O2. The van der Waals surface area contributed by atoms with Gasteiger partial charge in [0, 0.05) is 12.6 Å². The number of nitrogens with zero attached hydrogens (tertiary/aromatic N) is 1. The van der Waals surface area contributed by atoms with E-state index in [-0.39, 0.29) is 0 Å². The summed E-state index contributed by atoms with van der Waals surface area (Å²) in [7, 11) is 0. The minimum absolute atomic E-state index is 0.427. The second kappa shape index (κ2) is 7.59. The molecule has 5 nitrogen and oxygen atoms in total. The van der Waals surface area contributed by atoms with Gasteiger partial charge < -0.3 is 20.1 Å². The number of nitrogens with one attached hydrogen (secondary N) is 2. The van der Waals surface area contributed by atoms with Crippen LogP contribution in [-0.2, 0) is 6.54 Å². The van der Waals surface area contributed by atoms with Crippen LogP contribution < -0.4 is 20.1 Å².